The Morgan fingerprint density at radius 2 is 2.16 bits per heavy atom. The highest BCUT2D eigenvalue weighted by Gasteiger charge is 2.15. The lowest BCUT2D eigenvalue weighted by molar-refractivity contribution is 0.0699. The van der Waals surface area contributed by atoms with Crippen LogP contribution in [0, 0.1) is 0 Å². The van der Waals surface area contributed by atoms with Crippen molar-refractivity contribution in [1.29, 1.82) is 0 Å². The number of aromatic amines is 1. The first-order valence-corrected chi connectivity index (χ1v) is 7.64. The summed E-state index contributed by atoms with van der Waals surface area (Å²) in [4.78, 5) is 19.6. The van der Waals surface area contributed by atoms with E-state index in [2.05, 4.69) is 41.8 Å². The average molecular weight is 402 g/mol. The van der Waals surface area contributed by atoms with Crippen LogP contribution in [0.15, 0.2) is 32.5 Å². The zero-order valence-electron chi connectivity index (χ0n) is 9.28. The van der Waals surface area contributed by atoms with E-state index in [-0.39, 0.29) is 5.56 Å². The second kappa shape index (κ2) is 4.73. The molecule has 0 radical (unpaired) electrons. The normalized spacial score (nSPS) is 11.1. The van der Waals surface area contributed by atoms with Gasteiger partial charge in [-0.1, -0.05) is 6.07 Å². The van der Waals surface area contributed by atoms with E-state index >= 15 is 0 Å². The summed E-state index contributed by atoms with van der Waals surface area (Å²) < 4.78 is 1.92. The molecule has 2 N–H and O–H groups in total. The second-order valence-corrected chi connectivity index (χ2v) is 7.05. The van der Waals surface area contributed by atoms with Gasteiger partial charge in [-0.2, -0.15) is 0 Å². The first kappa shape index (κ1) is 12.8. The summed E-state index contributed by atoms with van der Waals surface area (Å²) in [6.07, 6.45) is 0. The van der Waals surface area contributed by atoms with Crippen molar-refractivity contribution in [3.63, 3.8) is 0 Å². The van der Waals surface area contributed by atoms with E-state index in [1.165, 1.54) is 11.3 Å². The number of thiophene rings is 1. The second-order valence-electron chi connectivity index (χ2n) is 3.82. The van der Waals surface area contributed by atoms with Gasteiger partial charge in [0.15, 0.2) is 0 Å². The SMILES string of the molecule is O=C(O)c1cccc2[nH]c(-c3cc(Br)c(Br)s3)nc12. The number of hydrogen-bond acceptors (Lipinski definition) is 3. The van der Waals surface area contributed by atoms with Crippen LogP contribution >= 0.6 is 43.2 Å². The highest BCUT2D eigenvalue weighted by molar-refractivity contribution is 9.13. The molecule has 0 atom stereocenters. The number of carbonyl (C=O) groups is 1. The number of aromatic nitrogens is 2. The quantitative estimate of drug-likeness (QED) is 0.663. The molecule has 0 saturated carbocycles. The Hall–Kier alpha value is -1.18. The standard InChI is InChI=1S/C12H6Br2N2O2S/c13-6-4-8(19-10(6)14)11-15-7-3-1-2-5(12(17)18)9(7)16-11/h1-4H,(H,15,16)(H,17,18). The average Bonchev–Trinajstić information content (AvgIpc) is 2.93. The minimum Gasteiger partial charge on any atom is -0.478 e. The number of nitrogens with zero attached hydrogens (tertiary/aromatic N) is 1. The van der Waals surface area contributed by atoms with Crippen molar-refractivity contribution in [2.24, 2.45) is 0 Å². The number of H-pyrrole nitrogens is 1. The molecule has 0 aliphatic rings. The molecule has 1 aromatic carbocycles. The lowest BCUT2D eigenvalue weighted by Gasteiger charge is -1.93. The van der Waals surface area contributed by atoms with Gasteiger partial charge in [0.1, 0.15) is 11.3 Å². The molecule has 0 aliphatic carbocycles. The predicted octanol–water partition coefficient (Wildman–Crippen LogP) is 4.51. The van der Waals surface area contributed by atoms with Crippen molar-refractivity contribution in [2.45, 2.75) is 0 Å². The molecule has 0 amide bonds. The van der Waals surface area contributed by atoms with E-state index in [0.29, 0.717) is 11.3 Å². The third-order valence-corrected chi connectivity index (χ3v) is 5.88. The molecule has 0 saturated heterocycles. The topological polar surface area (TPSA) is 66.0 Å². The van der Waals surface area contributed by atoms with Crippen molar-refractivity contribution in [3.05, 3.63) is 38.1 Å². The van der Waals surface area contributed by atoms with Crippen LogP contribution in [-0.2, 0) is 0 Å². The minimum absolute atomic E-state index is 0.203. The van der Waals surface area contributed by atoms with Crippen molar-refractivity contribution >= 4 is 60.2 Å². The van der Waals surface area contributed by atoms with Crippen LogP contribution in [0.4, 0.5) is 0 Å². The Balaban J connectivity index is 2.21. The number of carboxylic acid groups (broad SMARTS) is 1. The molecule has 3 rings (SSSR count). The van der Waals surface area contributed by atoms with Gasteiger partial charge in [0.25, 0.3) is 0 Å². The Morgan fingerprint density at radius 1 is 1.37 bits per heavy atom. The molecule has 2 heterocycles. The summed E-state index contributed by atoms with van der Waals surface area (Å²) in [5.41, 5.74) is 1.40. The predicted molar refractivity (Wildman–Crippen MR) is 81.8 cm³/mol. The maximum absolute atomic E-state index is 11.2. The summed E-state index contributed by atoms with van der Waals surface area (Å²) >= 11 is 8.38. The van der Waals surface area contributed by atoms with Gasteiger partial charge in [-0.3, -0.25) is 0 Å². The van der Waals surface area contributed by atoms with Gasteiger partial charge in [0, 0.05) is 4.47 Å². The molecule has 19 heavy (non-hydrogen) atoms. The summed E-state index contributed by atoms with van der Waals surface area (Å²) in [5, 5.41) is 9.14. The summed E-state index contributed by atoms with van der Waals surface area (Å²) in [6.45, 7) is 0. The Labute approximate surface area is 128 Å². The van der Waals surface area contributed by atoms with E-state index in [9.17, 15) is 4.79 Å². The number of halogens is 2. The van der Waals surface area contributed by atoms with Crippen molar-refractivity contribution in [2.75, 3.05) is 0 Å². The third kappa shape index (κ3) is 2.22. The molecule has 7 heteroatoms. The first-order chi connectivity index (χ1) is 9.06. The van der Waals surface area contributed by atoms with Crippen molar-refractivity contribution in [1.82, 2.24) is 9.97 Å². The highest BCUT2D eigenvalue weighted by atomic mass is 79.9. The van der Waals surface area contributed by atoms with Gasteiger partial charge in [-0.15, -0.1) is 11.3 Å². The number of carboxylic acids is 1. The molecule has 0 bridgehead atoms. The molecule has 96 valence electrons. The number of fused-ring (bicyclic) bond motifs is 1. The number of aromatic carboxylic acids is 1. The van der Waals surface area contributed by atoms with E-state index in [0.717, 1.165) is 18.7 Å². The van der Waals surface area contributed by atoms with Crippen molar-refractivity contribution < 1.29 is 9.90 Å². The molecule has 0 aliphatic heterocycles. The van der Waals surface area contributed by atoms with Gasteiger partial charge in [0.2, 0.25) is 0 Å². The van der Waals surface area contributed by atoms with Crippen LogP contribution in [0.5, 0.6) is 0 Å². The Bertz CT molecular complexity index is 775. The van der Waals surface area contributed by atoms with Crippen molar-refractivity contribution in [3.8, 4) is 10.7 Å². The monoisotopic (exact) mass is 400 g/mol. The number of hydrogen-bond donors (Lipinski definition) is 2. The van der Waals surface area contributed by atoms with Crippen LogP contribution in [0.1, 0.15) is 10.4 Å². The molecule has 0 unspecified atom stereocenters. The van der Waals surface area contributed by atoms with Gasteiger partial charge in [-0.05, 0) is 50.1 Å². The molecule has 0 fully saturated rings. The fourth-order valence-electron chi connectivity index (χ4n) is 1.78. The van der Waals surface area contributed by atoms with Crippen LogP contribution in [-0.4, -0.2) is 21.0 Å². The summed E-state index contributed by atoms with van der Waals surface area (Å²) in [7, 11) is 0. The zero-order chi connectivity index (χ0) is 13.6. The lowest BCUT2D eigenvalue weighted by Crippen LogP contribution is -1.96. The van der Waals surface area contributed by atoms with E-state index in [1.54, 1.807) is 12.1 Å². The molecule has 0 spiro atoms. The van der Waals surface area contributed by atoms with Gasteiger partial charge in [0.05, 0.1) is 19.7 Å². The number of benzene rings is 1. The minimum atomic E-state index is -0.975. The fourth-order valence-corrected chi connectivity index (χ4v) is 3.77. The Kier molecular flexibility index (Phi) is 3.20. The highest BCUT2D eigenvalue weighted by Crippen LogP contribution is 2.37. The smallest absolute Gasteiger partial charge is 0.337 e. The van der Waals surface area contributed by atoms with Crippen LogP contribution in [0.2, 0.25) is 0 Å². The summed E-state index contributed by atoms with van der Waals surface area (Å²) in [6, 6.07) is 7.01. The van der Waals surface area contributed by atoms with Crippen LogP contribution < -0.4 is 0 Å². The number of nitrogens with one attached hydrogen (secondary N) is 1. The largest absolute Gasteiger partial charge is 0.478 e. The maximum Gasteiger partial charge on any atom is 0.337 e. The zero-order valence-corrected chi connectivity index (χ0v) is 13.3. The fraction of sp³-hybridized carbons (Fsp3) is 0. The Morgan fingerprint density at radius 3 is 2.79 bits per heavy atom. The lowest BCUT2D eigenvalue weighted by atomic mass is 10.2. The molecule has 4 nitrogen and oxygen atoms in total. The number of rotatable bonds is 2. The third-order valence-electron chi connectivity index (χ3n) is 2.62. The van der Waals surface area contributed by atoms with Gasteiger partial charge < -0.3 is 10.1 Å². The van der Waals surface area contributed by atoms with E-state index < -0.39 is 5.97 Å². The van der Waals surface area contributed by atoms with E-state index in [4.69, 9.17) is 5.11 Å². The molecule has 3 aromatic rings. The first-order valence-electron chi connectivity index (χ1n) is 5.23. The van der Waals surface area contributed by atoms with E-state index in [1.807, 2.05) is 12.1 Å². The molecular weight excluding hydrogens is 396 g/mol. The molecule has 2 aromatic heterocycles. The van der Waals surface area contributed by atoms with Gasteiger partial charge in [-0.25, -0.2) is 9.78 Å². The van der Waals surface area contributed by atoms with Crippen LogP contribution in [0.25, 0.3) is 21.7 Å². The molecular formula is C12H6Br2N2O2S. The van der Waals surface area contributed by atoms with Gasteiger partial charge >= 0.3 is 5.97 Å². The van der Waals surface area contributed by atoms with Crippen LogP contribution in [0.3, 0.4) is 0 Å². The number of para-hydroxylation sites is 1. The number of imidazole rings is 1. The maximum atomic E-state index is 11.2. The summed E-state index contributed by atoms with van der Waals surface area (Å²) in [5.74, 6) is -0.308.